The van der Waals surface area contributed by atoms with Crippen LogP contribution in [0.5, 0.6) is 0 Å². The van der Waals surface area contributed by atoms with Gasteiger partial charge < -0.3 is 10.1 Å². The quantitative estimate of drug-likeness (QED) is 0.395. The minimum absolute atomic E-state index is 0.143. The van der Waals surface area contributed by atoms with Crippen molar-refractivity contribution in [2.24, 2.45) is 7.05 Å². The molecule has 0 aliphatic rings. The monoisotopic (exact) mass is 452 g/mol. The second-order valence-electron chi connectivity index (χ2n) is 5.85. The van der Waals surface area contributed by atoms with E-state index in [-0.39, 0.29) is 17.0 Å². The van der Waals surface area contributed by atoms with Crippen LogP contribution in [0, 0.1) is 6.92 Å². The van der Waals surface area contributed by atoms with Crippen LogP contribution in [0.2, 0.25) is 0 Å². The molecule has 9 heteroatoms. The lowest BCUT2D eigenvalue weighted by Gasteiger charge is -2.10. The topological polar surface area (TPSA) is 85.2 Å². The molecule has 0 unspecified atom stereocenters. The van der Waals surface area contributed by atoms with Crippen molar-refractivity contribution >= 4 is 50.8 Å². The zero-order valence-corrected chi connectivity index (χ0v) is 17.7. The smallest absolute Gasteiger partial charge is 0.338 e. The van der Waals surface area contributed by atoms with Crippen LogP contribution in [0.15, 0.2) is 28.7 Å². The Morgan fingerprint density at radius 3 is 2.52 bits per heavy atom. The van der Waals surface area contributed by atoms with Crippen molar-refractivity contribution in [3.63, 3.8) is 0 Å². The number of ether oxygens (including phenoxy) is 1. The van der Waals surface area contributed by atoms with Gasteiger partial charge in [-0.3, -0.25) is 14.8 Å². The van der Waals surface area contributed by atoms with Gasteiger partial charge in [0.2, 0.25) is 0 Å². The highest BCUT2D eigenvalue weighted by molar-refractivity contribution is 9.10. The van der Waals surface area contributed by atoms with E-state index in [1.807, 2.05) is 6.92 Å². The van der Waals surface area contributed by atoms with Crippen molar-refractivity contribution < 1.29 is 14.3 Å². The molecule has 0 aliphatic heterocycles. The molecule has 0 spiro atoms. The third kappa shape index (κ3) is 5.61. The molecule has 0 bridgehead atoms. The summed E-state index contributed by atoms with van der Waals surface area (Å²) in [7, 11) is 1.68. The maximum atomic E-state index is 12.4. The summed E-state index contributed by atoms with van der Waals surface area (Å²) in [6.07, 6.45) is 1.81. The minimum Gasteiger partial charge on any atom is -0.462 e. The molecular formula is C18H21BrN4O3S. The molecule has 1 aromatic carbocycles. The first-order valence-corrected chi connectivity index (χ1v) is 9.62. The van der Waals surface area contributed by atoms with Crippen LogP contribution in [-0.2, 0) is 11.8 Å². The molecule has 27 heavy (non-hydrogen) atoms. The third-order valence-electron chi connectivity index (χ3n) is 3.70. The zero-order chi connectivity index (χ0) is 20.0. The molecule has 2 rings (SSSR count). The number of aromatic nitrogens is 2. The molecule has 0 atom stereocenters. The van der Waals surface area contributed by atoms with Crippen molar-refractivity contribution in [2.75, 3.05) is 11.9 Å². The highest BCUT2D eigenvalue weighted by atomic mass is 79.9. The second-order valence-corrected chi connectivity index (χ2v) is 7.05. The van der Waals surface area contributed by atoms with E-state index >= 15 is 0 Å². The lowest BCUT2D eigenvalue weighted by molar-refractivity contribution is 0.0499. The Balaban J connectivity index is 1.94. The molecule has 144 valence electrons. The summed E-state index contributed by atoms with van der Waals surface area (Å²) in [5.74, 6) is -0.735. The first-order chi connectivity index (χ1) is 12.8. The summed E-state index contributed by atoms with van der Waals surface area (Å²) in [6, 6.07) is 6.67. The summed E-state index contributed by atoms with van der Waals surface area (Å²) in [4.78, 5) is 24.3. The third-order valence-corrected chi connectivity index (χ3v) is 4.85. The molecule has 1 amide bonds. The summed E-state index contributed by atoms with van der Waals surface area (Å²) in [5.41, 5.74) is 2.19. The van der Waals surface area contributed by atoms with Gasteiger partial charge in [0.05, 0.1) is 22.3 Å². The predicted octanol–water partition coefficient (Wildman–Crippen LogP) is 3.57. The van der Waals surface area contributed by atoms with E-state index in [4.69, 9.17) is 17.0 Å². The van der Waals surface area contributed by atoms with Crippen LogP contribution < -0.4 is 10.6 Å². The number of hydrogen-bond acceptors (Lipinski definition) is 5. The van der Waals surface area contributed by atoms with Crippen molar-refractivity contribution in [3.05, 3.63) is 45.7 Å². The van der Waals surface area contributed by atoms with Gasteiger partial charge >= 0.3 is 5.97 Å². The van der Waals surface area contributed by atoms with Gasteiger partial charge in [-0.05, 0) is 65.8 Å². The van der Waals surface area contributed by atoms with Crippen LogP contribution in [-0.4, -0.2) is 33.4 Å². The van der Waals surface area contributed by atoms with Gasteiger partial charge in [0.25, 0.3) is 5.91 Å². The highest BCUT2D eigenvalue weighted by Gasteiger charge is 2.19. The average Bonchev–Trinajstić information content (AvgIpc) is 2.87. The summed E-state index contributed by atoms with van der Waals surface area (Å²) in [5, 5.41) is 9.84. The van der Waals surface area contributed by atoms with E-state index in [0.717, 1.165) is 12.8 Å². The Bertz CT molecular complexity index is 849. The Morgan fingerprint density at radius 2 is 1.96 bits per heavy atom. The predicted molar refractivity (Wildman–Crippen MR) is 111 cm³/mol. The van der Waals surface area contributed by atoms with E-state index in [1.54, 1.807) is 38.2 Å². The number of carbonyl (C=O) groups excluding carboxylic acids is 2. The fourth-order valence-electron chi connectivity index (χ4n) is 2.29. The summed E-state index contributed by atoms with van der Waals surface area (Å²) in [6.45, 7) is 4.24. The van der Waals surface area contributed by atoms with Gasteiger partial charge in [-0.25, -0.2) is 4.79 Å². The second kappa shape index (κ2) is 9.61. The molecule has 2 aromatic rings. The molecule has 0 radical (unpaired) electrons. The molecule has 0 saturated heterocycles. The number of halogens is 1. The number of thiocarbonyl (C=S) groups is 1. The van der Waals surface area contributed by atoms with Crippen LogP contribution in [0.25, 0.3) is 0 Å². The van der Waals surface area contributed by atoms with Crippen LogP contribution >= 0.6 is 28.1 Å². The summed E-state index contributed by atoms with van der Waals surface area (Å²) < 4.78 is 7.26. The molecule has 1 heterocycles. The molecular weight excluding hydrogens is 432 g/mol. The number of aryl methyl sites for hydroxylation is 2. The zero-order valence-electron chi connectivity index (χ0n) is 15.3. The van der Waals surface area contributed by atoms with E-state index in [2.05, 4.69) is 31.7 Å². The number of benzene rings is 1. The fraction of sp³-hybridized carbons (Fsp3) is 0.333. The van der Waals surface area contributed by atoms with Crippen LogP contribution in [0.1, 0.15) is 46.3 Å². The van der Waals surface area contributed by atoms with Crippen molar-refractivity contribution in [2.45, 2.75) is 26.7 Å². The minimum atomic E-state index is -0.376. The SMILES string of the molecule is CCCCOC(=O)c1ccc(NC(=S)NC(=O)c2c(Br)c(C)nn2C)cc1. The molecule has 0 fully saturated rings. The molecule has 7 nitrogen and oxygen atoms in total. The number of anilines is 1. The van der Waals surface area contributed by atoms with E-state index in [9.17, 15) is 9.59 Å². The van der Waals surface area contributed by atoms with Crippen molar-refractivity contribution in [1.82, 2.24) is 15.1 Å². The molecule has 2 N–H and O–H groups in total. The number of nitrogens with zero attached hydrogens (tertiary/aromatic N) is 2. The highest BCUT2D eigenvalue weighted by Crippen LogP contribution is 2.20. The van der Waals surface area contributed by atoms with E-state index in [1.165, 1.54) is 4.68 Å². The Kier molecular flexibility index (Phi) is 7.49. The lowest BCUT2D eigenvalue weighted by Crippen LogP contribution is -2.35. The molecule has 0 saturated carbocycles. The molecule has 0 aliphatic carbocycles. The van der Waals surface area contributed by atoms with Crippen molar-refractivity contribution in [3.8, 4) is 0 Å². The maximum Gasteiger partial charge on any atom is 0.338 e. The van der Waals surface area contributed by atoms with Gasteiger partial charge in [0.15, 0.2) is 5.11 Å². The average molecular weight is 453 g/mol. The Labute approximate surface area is 171 Å². The maximum absolute atomic E-state index is 12.4. The number of nitrogens with one attached hydrogen (secondary N) is 2. The van der Waals surface area contributed by atoms with Crippen LogP contribution in [0.3, 0.4) is 0 Å². The number of amides is 1. The van der Waals surface area contributed by atoms with Gasteiger partial charge in [-0.2, -0.15) is 5.10 Å². The number of esters is 1. The van der Waals surface area contributed by atoms with E-state index in [0.29, 0.717) is 33.7 Å². The number of hydrogen-bond donors (Lipinski definition) is 2. The van der Waals surface area contributed by atoms with Gasteiger partial charge in [-0.1, -0.05) is 13.3 Å². The van der Waals surface area contributed by atoms with Gasteiger partial charge in [-0.15, -0.1) is 0 Å². The van der Waals surface area contributed by atoms with Crippen molar-refractivity contribution in [1.29, 1.82) is 0 Å². The largest absolute Gasteiger partial charge is 0.462 e. The summed E-state index contributed by atoms with van der Waals surface area (Å²) >= 11 is 8.53. The number of rotatable bonds is 6. The van der Waals surface area contributed by atoms with Gasteiger partial charge in [0, 0.05) is 12.7 Å². The standard InChI is InChI=1S/C18H21BrN4O3S/c1-4-5-10-26-17(25)12-6-8-13(9-7-12)20-18(27)21-16(24)15-14(19)11(2)22-23(15)3/h6-9H,4-5,10H2,1-3H3,(H2,20,21,24,27). The van der Waals surface area contributed by atoms with E-state index < -0.39 is 0 Å². The first-order valence-electron chi connectivity index (χ1n) is 8.42. The first kappa shape index (κ1) is 21.0. The normalized spacial score (nSPS) is 10.4. The Hall–Kier alpha value is -2.26. The van der Waals surface area contributed by atoms with Crippen LogP contribution in [0.4, 0.5) is 5.69 Å². The Morgan fingerprint density at radius 1 is 1.30 bits per heavy atom. The van der Waals surface area contributed by atoms with Gasteiger partial charge in [0.1, 0.15) is 5.69 Å². The molecule has 1 aromatic heterocycles. The lowest BCUT2D eigenvalue weighted by atomic mass is 10.2. The fourth-order valence-corrected chi connectivity index (χ4v) is 3.01. The number of unbranched alkanes of at least 4 members (excludes halogenated alkanes) is 1. The number of carbonyl (C=O) groups is 2.